The van der Waals surface area contributed by atoms with Crippen LogP contribution in [-0.2, 0) is 6.54 Å². The summed E-state index contributed by atoms with van der Waals surface area (Å²) in [6, 6.07) is 8.56. The van der Waals surface area contributed by atoms with E-state index in [0.29, 0.717) is 28.8 Å². The highest BCUT2D eigenvalue weighted by Crippen LogP contribution is 2.32. The molecule has 1 aromatic carbocycles. The van der Waals surface area contributed by atoms with Crippen molar-refractivity contribution in [2.24, 2.45) is 0 Å². The molecule has 1 heterocycles. The van der Waals surface area contributed by atoms with Gasteiger partial charge in [-0.25, -0.2) is 0 Å². The number of carbonyl (C=O) groups excluding carboxylic acids is 1. The largest absolute Gasteiger partial charge is 0.345 e. The molecule has 0 radical (unpaired) electrons. The van der Waals surface area contributed by atoms with Crippen LogP contribution in [0.5, 0.6) is 0 Å². The summed E-state index contributed by atoms with van der Waals surface area (Å²) in [4.78, 5) is 16.4. The lowest BCUT2D eigenvalue weighted by Crippen LogP contribution is -2.23. The fourth-order valence-electron chi connectivity index (χ4n) is 2.67. The molecule has 22 heavy (non-hydrogen) atoms. The molecule has 1 aliphatic rings. The van der Waals surface area contributed by atoms with Gasteiger partial charge in [-0.2, -0.15) is 10.2 Å². The number of rotatable bonds is 4. The van der Waals surface area contributed by atoms with E-state index in [1.807, 2.05) is 6.07 Å². The Morgan fingerprint density at radius 2 is 2.23 bits per heavy atom. The second-order valence-corrected chi connectivity index (χ2v) is 5.41. The van der Waals surface area contributed by atoms with Gasteiger partial charge in [0.2, 0.25) is 5.89 Å². The fourth-order valence-corrected chi connectivity index (χ4v) is 2.67. The van der Waals surface area contributed by atoms with Gasteiger partial charge >= 0.3 is 0 Å². The molecule has 1 amide bonds. The van der Waals surface area contributed by atoms with E-state index in [1.54, 1.807) is 24.3 Å². The average Bonchev–Trinajstić information content (AvgIpc) is 3.23. The van der Waals surface area contributed by atoms with Crippen molar-refractivity contribution in [2.75, 3.05) is 0 Å². The second-order valence-electron chi connectivity index (χ2n) is 5.41. The average molecular weight is 296 g/mol. The fraction of sp³-hybridized carbons (Fsp3) is 0.375. The molecule has 1 N–H and O–H groups in total. The third-order valence-electron chi connectivity index (χ3n) is 3.85. The van der Waals surface area contributed by atoms with E-state index in [-0.39, 0.29) is 12.5 Å². The van der Waals surface area contributed by atoms with Crippen molar-refractivity contribution in [3.05, 3.63) is 47.1 Å². The van der Waals surface area contributed by atoms with Crippen LogP contribution in [0, 0.1) is 11.3 Å². The first-order valence-corrected chi connectivity index (χ1v) is 7.37. The van der Waals surface area contributed by atoms with E-state index < -0.39 is 0 Å². The molecule has 112 valence electrons. The van der Waals surface area contributed by atoms with Crippen molar-refractivity contribution in [2.45, 2.75) is 38.1 Å². The third kappa shape index (κ3) is 3.14. The minimum atomic E-state index is -0.260. The molecule has 1 aliphatic carbocycles. The smallest absolute Gasteiger partial charge is 0.251 e. The Balaban J connectivity index is 1.60. The lowest BCUT2D eigenvalue weighted by Gasteiger charge is -2.02. The number of nitrogens with zero attached hydrogens (tertiary/aromatic N) is 3. The SMILES string of the molecule is N#Cc1cccc(C(=O)NCc2noc(C3CCCC3)n2)c1. The topological polar surface area (TPSA) is 91.8 Å². The van der Waals surface area contributed by atoms with Crippen molar-refractivity contribution < 1.29 is 9.32 Å². The van der Waals surface area contributed by atoms with Gasteiger partial charge in [0.1, 0.15) is 0 Å². The van der Waals surface area contributed by atoms with Gasteiger partial charge in [0.25, 0.3) is 5.91 Å². The zero-order valence-corrected chi connectivity index (χ0v) is 12.1. The first-order chi connectivity index (χ1) is 10.8. The molecule has 1 saturated carbocycles. The number of hydrogen-bond donors (Lipinski definition) is 1. The predicted octanol–water partition coefficient (Wildman–Crippen LogP) is 2.53. The second kappa shape index (κ2) is 6.39. The Kier molecular flexibility index (Phi) is 4.15. The Morgan fingerprint density at radius 3 is 3.00 bits per heavy atom. The molecule has 3 rings (SSSR count). The molecular weight excluding hydrogens is 280 g/mol. The summed E-state index contributed by atoms with van der Waals surface area (Å²) in [5, 5.41) is 15.5. The van der Waals surface area contributed by atoms with Gasteiger partial charge in [-0.05, 0) is 31.0 Å². The third-order valence-corrected chi connectivity index (χ3v) is 3.85. The maximum atomic E-state index is 12.0. The number of aromatic nitrogens is 2. The predicted molar refractivity (Wildman–Crippen MR) is 77.8 cm³/mol. The quantitative estimate of drug-likeness (QED) is 0.936. The highest BCUT2D eigenvalue weighted by molar-refractivity contribution is 5.94. The minimum Gasteiger partial charge on any atom is -0.345 e. The Morgan fingerprint density at radius 1 is 1.41 bits per heavy atom. The lowest BCUT2D eigenvalue weighted by molar-refractivity contribution is 0.0949. The van der Waals surface area contributed by atoms with Crippen molar-refractivity contribution in [1.29, 1.82) is 5.26 Å². The van der Waals surface area contributed by atoms with E-state index in [1.165, 1.54) is 12.8 Å². The van der Waals surface area contributed by atoms with Crippen LogP contribution in [0.2, 0.25) is 0 Å². The van der Waals surface area contributed by atoms with Crippen molar-refractivity contribution >= 4 is 5.91 Å². The van der Waals surface area contributed by atoms with Crippen LogP contribution in [-0.4, -0.2) is 16.0 Å². The standard InChI is InChI=1S/C16H16N4O2/c17-9-11-4-3-7-13(8-11)15(21)18-10-14-19-16(22-20-14)12-5-1-2-6-12/h3-4,7-8,12H,1-2,5-6,10H2,(H,18,21). The first-order valence-electron chi connectivity index (χ1n) is 7.37. The van der Waals surface area contributed by atoms with Crippen LogP contribution < -0.4 is 5.32 Å². The normalized spacial score (nSPS) is 14.7. The van der Waals surface area contributed by atoms with Gasteiger partial charge in [-0.1, -0.05) is 24.1 Å². The monoisotopic (exact) mass is 296 g/mol. The van der Waals surface area contributed by atoms with Gasteiger partial charge < -0.3 is 9.84 Å². The first kappa shape index (κ1) is 14.3. The van der Waals surface area contributed by atoms with E-state index in [0.717, 1.165) is 12.8 Å². The summed E-state index contributed by atoms with van der Waals surface area (Å²) >= 11 is 0. The highest BCUT2D eigenvalue weighted by Gasteiger charge is 2.23. The van der Waals surface area contributed by atoms with E-state index >= 15 is 0 Å². The molecule has 1 fully saturated rings. The zero-order valence-electron chi connectivity index (χ0n) is 12.1. The molecule has 2 aromatic rings. The summed E-state index contributed by atoms with van der Waals surface area (Å²) in [5.41, 5.74) is 0.897. The van der Waals surface area contributed by atoms with E-state index in [9.17, 15) is 4.79 Å². The summed E-state index contributed by atoms with van der Waals surface area (Å²) in [6.45, 7) is 0.214. The van der Waals surface area contributed by atoms with Gasteiger partial charge in [0.05, 0.1) is 18.2 Å². The number of nitrogens with one attached hydrogen (secondary N) is 1. The lowest BCUT2D eigenvalue weighted by atomic mass is 10.1. The maximum absolute atomic E-state index is 12.0. The Bertz CT molecular complexity index is 711. The number of amides is 1. The molecule has 6 heteroatoms. The Hall–Kier alpha value is -2.68. The van der Waals surface area contributed by atoms with Crippen molar-refractivity contribution in [1.82, 2.24) is 15.5 Å². The van der Waals surface area contributed by atoms with E-state index in [4.69, 9.17) is 9.78 Å². The molecule has 0 aliphatic heterocycles. The number of carbonyl (C=O) groups is 1. The molecule has 0 atom stereocenters. The molecule has 0 bridgehead atoms. The Labute approximate surface area is 128 Å². The maximum Gasteiger partial charge on any atom is 0.251 e. The molecule has 0 spiro atoms. The summed E-state index contributed by atoms with van der Waals surface area (Å²) in [7, 11) is 0. The number of nitriles is 1. The van der Waals surface area contributed by atoms with Gasteiger partial charge in [-0.3, -0.25) is 4.79 Å². The van der Waals surface area contributed by atoms with Crippen molar-refractivity contribution in [3.8, 4) is 6.07 Å². The molecular formula is C16H16N4O2. The van der Waals surface area contributed by atoms with Gasteiger partial charge in [0, 0.05) is 11.5 Å². The zero-order chi connectivity index (χ0) is 15.4. The summed E-state index contributed by atoms with van der Waals surface area (Å²) in [5.74, 6) is 1.26. The summed E-state index contributed by atoms with van der Waals surface area (Å²) < 4.78 is 5.27. The molecule has 1 aromatic heterocycles. The van der Waals surface area contributed by atoms with Gasteiger partial charge in [0.15, 0.2) is 5.82 Å². The molecule has 0 unspecified atom stereocenters. The van der Waals surface area contributed by atoms with E-state index in [2.05, 4.69) is 15.5 Å². The van der Waals surface area contributed by atoms with Gasteiger partial charge in [-0.15, -0.1) is 0 Å². The molecule has 6 nitrogen and oxygen atoms in total. The summed E-state index contributed by atoms with van der Waals surface area (Å²) in [6.07, 6.45) is 4.59. The van der Waals surface area contributed by atoms with Crippen molar-refractivity contribution in [3.63, 3.8) is 0 Å². The van der Waals surface area contributed by atoms with Crippen LogP contribution in [0.3, 0.4) is 0 Å². The van der Waals surface area contributed by atoms with Crippen LogP contribution >= 0.6 is 0 Å². The molecule has 0 saturated heterocycles. The van der Waals surface area contributed by atoms with Crippen LogP contribution in [0.15, 0.2) is 28.8 Å². The highest BCUT2D eigenvalue weighted by atomic mass is 16.5. The number of benzene rings is 1. The van der Waals surface area contributed by atoms with Crippen LogP contribution in [0.25, 0.3) is 0 Å². The van der Waals surface area contributed by atoms with Crippen LogP contribution in [0.4, 0.5) is 0 Å². The minimum absolute atomic E-state index is 0.214. The number of hydrogen-bond acceptors (Lipinski definition) is 5. The van der Waals surface area contributed by atoms with Crippen LogP contribution in [0.1, 0.15) is 59.2 Å².